The van der Waals surface area contributed by atoms with E-state index < -0.39 is 12.1 Å². The summed E-state index contributed by atoms with van der Waals surface area (Å²) in [5.41, 5.74) is -0.319. The molecule has 3 aliphatic heterocycles. The first-order chi connectivity index (χ1) is 15.4. The van der Waals surface area contributed by atoms with E-state index in [-0.39, 0.29) is 17.4 Å². The first-order valence-corrected chi connectivity index (χ1v) is 11.6. The zero-order valence-corrected chi connectivity index (χ0v) is 19.7. The topological polar surface area (TPSA) is 90.4 Å². The number of likely N-dealkylation sites (tertiary alicyclic amines) is 2. The fourth-order valence-corrected chi connectivity index (χ4v) is 5.03. The van der Waals surface area contributed by atoms with Gasteiger partial charge in [0.25, 0.3) is 0 Å². The van der Waals surface area contributed by atoms with Crippen molar-refractivity contribution in [2.24, 2.45) is 11.3 Å². The molecule has 3 fully saturated rings. The summed E-state index contributed by atoms with van der Waals surface area (Å²) in [4.78, 5) is 41.6. The zero-order chi connectivity index (χ0) is 24.8. The molecule has 33 heavy (non-hydrogen) atoms. The minimum Gasteiger partial charge on any atom is -0.475 e. The molecule has 0 aromatic rings. The van der Waals surface area contributed by atoms with Crippen molar-refractivity contribution in [3.05, 3.63) is 0 Å². The van der Waals surface area contributed by atoms with Gasteiger partial charge in [0.1, 0.15) is 0 Å². The van der Waals surface area contributed by atoms with Crippen LogP contribution in [0.5, 0.6) is 0 Å². The summed E-state index contributed by atoms with van der Waals surface area (Å²) >= 11 is 0. The molecular weight excluding hydrogens is 443 g/mol. The van der Waals surface area contributed by atoms with Gasteiger partial charge >= 0.3 is 12.1 Å². The molecule has 3 heterocycles. The van der Waals surface area contributed by atoms with Crippen molar-refractivity contribution in [2.75, 3.05) is 52.5 Å². The van der Waals surface area contributed by atoms with E-state index in [1.165, 1.54) is 0 Å². The molecule has 0 aliphatic carbocycles. The second kappa shape index (κ2) is 11.5. The lowest BCUT2D eigenvalue weighted by Crippen LogP contribution is -2.53. The molecule has 0 saturated carbocycles. The second-order valence-electron chi connectivity index (χ2n) is 9.28. The van der Waals surface area contributed by atoms with Gasteiger partial charge < -0.3 is 19.6 Å². The maximum absolute atomic E-state index is 13.6. The highest BCUT2D eigenvalue weighted by Gasteiger charge is 2.54. The van der Waals surface area contributed by atoms with Gasteiger partial charge in [-0.3, -0.25) is 14.5 Å². The van der Waals surface area contributed by atoms with E-state index in [2.05, 4.69) is 25.7 Å². The molecule has 3 aliphatic rings. The largest absolute Gasteiger partial charge is 0.490 e. The van der Waals surface area contributed by atoms with Crippen LogP contribution in [0.25, 0.3) is 0 Å². The molecule has 8 nitrogen and oxygen atoms in total. The first-order valence-electron chi connectivity index (χ1n) is 11.6. The molecule has 2 amide bonds. The standard InChI is InChI=1S/C20H35N3O3.C2HF3O2/c1-4-21-9-6-20(19(25)23-11-13-26-14-12-23)7-10-22(8-5-17(20)21)18(24)15-16(2)3;3-2(4,5)1(6)7/h16-17H,4-15H2,1-3H3;(H,6,7)/t17-,20-;/m1./s1. The highest BCUT2D eigenvalue weighted by Crippen LogP contribution is 2.45. The van der Waals surface area contributed by atoms with Crippen LogP contribution in [-0.4, -0.2) is 102 Å². The Balaban J connectivity index is 0.000000479. The minimum absolute atomic E-state index is 0.247. The number of carboxylic acids is 1. The molecule has 2 atom stereocenters. The van der Waals surface area contributed by atoms with Crippen LogP contribution < -0.4 is 0 Å². The number of fused-ring (bicyclic) bond motifs is 1. The minimum atomic E-state index is -5.08. The molecule has 0 spiro atoms. The number of morpholine rings is 1. The molecule has 1 N–H and O–H groups in total. The molecule has 0 bridgehead atoms. The van der Waals surface area contributed by atoms with Crippen LogP contribution >= 0.6 is 0 Å². The Labute approximate surface area is 193 Å². The number of aliphatic carboxylic acids is 1. The van der Waals surface area contributed by atoms with Gasteiger partial charge in [-0.05, 0) is 38.3 Å². The lowest BCUT2D eigenvalue weighted by atomic mass is 9.75. The quantitative estimate of drug-likeness (QED) is 0.665. The number of nitrogens with zero attached hydrogens (tertiary/aromatic N) is 3. The Morgan fingerprint density at radius 2 is 1.61 bits per heavy atom. The Morgan fingerprint density at radius 1 is 1.03 bits per heavy atom. The van der Waals surface area contributed by atoms with Crippen LogP contribution in [-0.2, 0) is 19.1 Å². The van der Waals surface area contributed by atoms with E-state index in [0.29, 0.717) is 44.5 Å². The summed E-state index contributed by atoms with van der Waals surface area (Å²) in [5.74, 6) is -1.83. The van der Waals surface area contributed by atoms with Crippen LogP contribution in [0.4, 0.5) is 13.2 Å². The van der Waals surface area contributed by atoms with Crippen LogP contribution in [0, 0.1) is 11.3 Å². The fourth-order valence-electron chi connectivity index (χ4n) is 5.03. The van der Waals surface area contributed by atoms with Crippen LogP contribution in [0.15, 0.2) is 0 Å². The predicted octanol–water partition coefficient (Wildman–Crippen LogP) is 2.23. The van der Waals surface area contributed by atoms with Crippen molar-refractivity contribution < 1.29 is 37.4 Å². The number of hydrogen-bond acceptors (Lipinski definition) is 5. The summed E-state index contributed by atoms with van der Waals surface area (Å²) in [6.45, 7) is 12.5. The monoisotopic (exact) mass is 479 g/mol. The number of carbonyl (C=O) groups is 3. The van der Waals surface area contributed by atoms with E-state index >= 15 is 0 Å². The Kier molecular flexibility index (Phi) is 9.54. The molecule has 11 heteroatoms. The van der Waals surface area contributed by atoms with E-state index in [1.807, 2.05) is 9.80 Å². The Bertz CT molecular complexity index is 697. The average Bonchev–Trinajstić information content (AvgIpc) is 3.00. The van der Waals surface area contributed by atoms with Gasteiger partial charge in [-0.1, -0.05) is 20.8 Å². The molecule has 0 radical (unpaired) electrons. The summed E-state index contributed by atoms with van der Waals surface area (Å²) < 4.78 is 37.2. The van der Waals surface area contributed by atoms with Crippen molar-refractivity contribution >= 4 is 17.8 Å². The van der Waals surface area contributed by atoms with Gasteiger partial charge in [-0.25, -0.2) is 4.79 Å². The first kappa shape index (κ1) is 27.4. The average molecular weight is 480 g/mol. The second-order valence-corrected chi connectivity index (χ2v) is 9.28. The zero-order valence-electron chi connectivity index (χ0n) is 19.7. The normalized spacial score (nSPS) is 26.3. The van der Waals surface area contributed by atoms with Crippen LogP contribution in [0.3, 0.4) is 0 Å². The van der Waals surface area contributed by atoms with Crippen LogP contribution in [0.2, 0.25) is 0 Å². The highest BCUT2D eigenvalue weighted by atomic mass is 19.4. The smallest absolute Gasteiger partial charge is 0.475 e. The Morgan fingerprint density at radius 3 is 2.12 bits per heavy atom. The third-order valence-corrected chi connectivity index (χ3v) is 6.73. The number of alkyl halides is 3. The molecule has 190 valence electrons. The number of amides is 2. The summed E-state index contributed by atoms with van der Waals surface area (Å²) in [6.07, 6.45) is -1.84. The predicted molar refractivity (Wildman–Crippen MR) is 114 cm³/mol. The van der Waals surface area contributed by atoms with E-state index in [0.717, 1.165) is 45.4 Å². The van der Waals surface area contributed by atoms with Crippen molar-refractivity contribution in [1.82, 2.24) is 14.7 Å². The van der Waals surface area contributed by atoms with Gasteiger partial charge in [-0.2, -0.15) is 13.2 Å². The number of hydrogen-bond donors (Lipinski definition) is 1. The van der Waals surface area contributed by atoms with Gasteiger partial charge in [0.15, 0.2) is 0 Å². The number of ether oxygens (including phenoxy) is 1. The molecular formula is C22H36F3N3O5. The lowest BCUT2D eigenvalue weighted by molar-refractivity contribution is -0.192. The van der Waals surface area contributed by atoms with Crippen LogP contribution in [0.1, 0.15) is 46.5 Å². The number of rotatable bonds is 4. The van der Waals surface area contributed by atoms with E-state index in [9.17, 15) is 22.8 Å². The van der Waals surface area contributed by atoms with E-state index in [4.69, 9.17) is 14.6 Å². The summed E-state index contributed by atoms with van der Waals surface area (Å²) in [6, 6.07) is 0.264. The Hall–Kier alpha value is -1.88. The number of carboxylic acid groups (broad SMARTS) is 1. The highest BCUT2D eigenvalue weighted by molar-refractivity contribution is 5.84. The summed E-state index contributed by atoms with van der Waals surface area (Å²) in [5, 5.41) is 7.12. The van der Waals surface area contributed by atoms with Gasteiger partial charge in [0.2, 0.25) is 11.8 Å². The SMILES string of the molecule is CCN1CC[C@@]2(C(=O)N3CCOCC3)CCN(C(=O)CC(C)C)CC[C@@H]12.O=C(O)C(F)(F)F. The maximum Gasteiger partial charge on any atom is 0.490 e. The van der Waals surface area contributed by atoms with Crippen molar-refractivity contribution in [3.63, 3.8) is 0 Å². The third-order valence-electron chi connectivity index (χ3n) is 6.73. The summed E-state index contributed by atoms with van der Waals surface area (Å²) in [7, 11) is 0. The molecule has 3 rings (SSSR count). The van der Waals surface area contributed by atoms with Crippen molar-refractivity contribution in [3.8, 4) is 0 Å². The maximum atomic E-state index is 13.6. The van der Waals surface area contributed by atoms with Gasteiger partial charge in [0.05, 0.1) is 18.6 Å². The fraction of sp³-hybridized carbons (Fsp3) is 0.864. The third kappa shape index (κ3) is 6.81. The molecule has 3 saturated heterocycles. The molecule has 0 aromatic heterocycles. The lowest BCUT2D eigenvalue weighted by Gasteiger charge is -2.40. The van der Waals surface area contributed by atoms with Crippen molar-refractivity contribution in [2.45, 2.75) is 58.7 Å². The van der Waals surface area contributed by atoms with Gasteiger partial charge in [-0.15, -0.1) is 0 Å². The number of halogens is 3. The van der Waals surface area contributed by atoms with E-state index in [1.54, 1.807) is 0 Å². The molecule has 0 aromatic carbocycles. The van der Waals surface area contributed by atoms with Gasteiger partial charge in [0, 0.05) is 38.6 Å². The number of carbonyl (C=O) groups excluding carboxylic acids is 2. The van der Waals surface area contributed by atoms with Crippen molar-refractivity contribution in [1.29, 1.82) is 0 Å². The molecule has 0 unspecified atom stereocenters.